The monoisotopic (exact) mass is 351 g/mol. The molecule has 1 saturated heterocycles. The van der Waals surface area contributed by atoms with Gasteiger partial charge in [-0.15, -0.1) is 0 Å². The van der Waals surface area contributed by atoms with Crippen molar-refractivity contribution in [3.63, 3.8) is 0 Å². The Labute approximate surface area is 137 Å². The van der Waals surface area contributed by atoms with E-state index >= 15 is 0 Å². The summed E-state index contributed by atoms with van der Waals surface area (Å²) in [6, 6.07) is 1.93. The van der Waals surface area contributed by atoms with E-state index < -0.39 is 17.5 Å². The molecule has 8 heteroatoms. The number of unbranched alkanes of at least 4 members (excludes halogenated alkanes) is 1. The van der Waals surface area contributed by atoms with Gasteiger partial charge in [0, 0.05) is 46.6 Å². The van der Waals surface area contributed by atoms with E-state index in [0.717, 1.165) is 51.2 Å². The Balaban J connectivity index is 2.45. The van der Waals surface area contributed by atoms with Gasteiger partial charge in [-0.05, 0) is 46.2 Å². The zero-order valence-electron chi connectivity index (χ0n) is 14.9. The molecule has 1 heterocycles. The van der Waals surface area contributed by atoms with E-state index in [0.29, 0.717) is 0 Å². The zero-order chi connectivity index (χ0) is 16.5. The Morgan fingerprint density at radius 2 is 1.55 bits per heavy atom. The molecule has 0 radical (unpaired) electrons. The summed E-state index contributed by atoms with van der Waals surface area (Å²) in [7, 11) is 0.444. The van der Waals surface area contributed by atoms with Crippen LogP contribution >= 0.6 is 0 Å². The quantitative estimate of drug-likeness (QED) is 0.397. The summed E-state index contributed by atoms with van der Waals surface area (Å²) < 4.78 is 31.0. The van der Waals surface area contributed by atoms with Gasteiger partial charge in [-0.1, -0.05) is 0 Å². The smallest absolute Gasteiger partial charge is 0.383 e. The Morgan fingerprint density at radius 3 is 2.05 bits per heavy atom. The lowest BCUT2D eigenvalue weighted by atomic mass is 10.3. The first-order valence-corrected chi connectivity index (χ1v) is 12.2. The van der Waals surface area contributed by atoms with Crippen molar-refractivity contribution in [1.29, 1.82) is 0 Å². The van der Waals surface area contributed by atoms with Crippen LogP contribution in [-0.2, 0) is 22.1 Å². The van der Waals surface area contributed by atoms with Crippen LogP contribution in [0.5, 0.6) is 0 Å². The lowest BCUT2D eigenvalue weighted by molar-refractivity contribution is 0.121. The van der Waals surface area contributed by atoms with Gasteiger partial charge in [0.05, 0.1) is 0 Å². The number of nitrogens with zero attached hydrogens (tertiary/aromatic N) is 1. The molecule has 1 aliphatic heterocycles. The molecule has 0 amide bonds. The Hall–Kier alpha value is 0.194. The lowest BCUT2D eigenvalue weighted by Crippen LogP contribution is -2.54. The summed E-state index contributed by atoms with van der Waals surface area (Å²) in [5.41, 5.74) is 0. The molecule has 0 atom stereocenters. The van der Waals surface area contributed by atoms with E-state index in [4.69, 9.17) is 22.1 Å². The van der Waals surface area contributed by atoms with E-state index in [-0.39, 0.29) is 0 Å². The normalized spacial score (nSPS) is 19.0. The van der Waals surface area contributed by atoms with Crippen molar-refractivity contribution in [3.05, 3.63) is 0 Å². The molecule has 6 nitrogen and oxygen atoms in total. The Kier molecular flexibility index (Phi) is 9.33. The van der Waals surface area contributed by atoms with Crippen LogP contribution in [0.2, 0.25) is 12.1 Å². The second-order valence-electron chi connectivity index (χ2n) is 5.42. The van der Waals surface area contributed by atoms with Gasteiger partial charge in [-0.3, -0.25) is 4.57 Å². The highest BCUT2D eigenvalue weighted by Crippen LogP contribution is 2.29. The minimum absolute atomic E-state index is 0.732. The second-order valence-corrected chi connectivity index (χ2v) is 11.6. The SMILES string of the molecule is CCO[Si]1(OCC)CCCN1CCCC[Si](OC)(OC)OC. The fourth-order valence-corrected chi connectivity index (χ4v) is 8.48. The van der Waals surface area contributed by atoms with Crippen LogP contribution in [0.4, 0.5) is 0 Å². The van der Waals surface area contributed by atoms with Crippen LogP contribution in [0.15, 0.2) is 0 Å². The fourth-order valence-electron chi connectivity index (χ4n) is 3.12. The van der Waals surface area contributed by atoms with E-state index in [9.17, 15) is 0 Å². The molecule has 1 rings (SSSR count). The van der Waals surface area contributed by atoms with Gasteiger partial charge in [-0.25, -0.2) is 0 Å². The second kappa shape index (κ2) is 10.1. The van der Waals surface area contributed by atoms with Gasteiger partial charge < -0.3 is 22.1 Å². The molecule has 0 unspecified atom stereocenters. The molecular formula is C14H33NO5Si2. The average Bonchev–Trinajstić information content (AvgIpc) is 2.92. The molecule has 1 fully saturated rings. The van der Waals surface area contributed by atoms with Gasteiger partial charge in [0.1, 0.15) is 0 Å². The van der Waals surface area contributed by atoms with Crippen molar-refractivity contribution >= 4 is 17.5 Å². The Morgan fingerprint density at radius 1 is 0.955 bits per heavy atom. The molecule has 0 saturated carbocycles. The highest BCUT2D eigenvalue weighted by atomic mass is 28.4. The van der Waals surface area contributed by atoms with Gasteiger partial charge >= 0.3 is 17.5 Å². The summed E-state index contributed by atoms with van der Waals surface area (Å²) >= 11 is 0. The summed E-state index contributed by atoms with van der Waals surface area (Å²) in [5.74, 6) is 0. The molecule has 0 aliphatic carbocycles. The number of hydrogen-bond acceptors (Lipinski definition) is 6. The summed E-state index contributed by atoms with van der Waals surface area (Å²) in [5, 5.41) is 0. The molecule has 1 aliphatic rings. The first-order chi connectivity index (χ1) is 10.6. The van der Waals surface area contributed by atoms with Crippen molar-refractivity contribution in [2.24, 2.45) is 0 Å². The maximum Gasteiger partial charge on any atom is 0.500 e. The number of hydrogen-bond donors (Lipinski definition) is 0. The Bertz CT molecular complexity index is 291. The van der Waals surface area contributed by atoms with Crippen LogP contribution in [0.3, 0.4) is 0 Å². The highest BCUT2D eigenvalue weighted by molar-refractivity contribution is 6.65. The van der Waals surface area contributed by atoms with Crippen molar-refractivity contribution in [1.82, 2.24) is 4.57 Å². The fraction of sp³-hybridized carbons (Fsp3) is 1.00. The third-order valence-corrected chi connectivity index (χ3v) is 10.9. The summed E-state index contributed by atoms with van der Waals surface area (Å²) in [4.78, 5) is 0. The largest absolute Gasteiger partial charge is 0.500 e. The zero-order valence-corrected chi connectivity index (χ0v) is 16.9. The van der Waals surface area contributed by atoms with E-state index in [1.165, 1.54) is 6.42 Å². The van der Waals surface area contributed by atoms with Gasteiger partial charge in [0.15, 0.2) is 0 Å². The third-order valence-electron chi connectivity index (χ3n) is 4.24. The molecular weight excluding hydrogens is 318 g/mol. The van der Waals surface area contributed by atoms with Crippen LogP contribution in [-0.4, -0.2) is 69.7 Å². The van der Waals surface area contributed by atoms with Crippen LogP contribution in [0.25, 0.3) is 0 Å². The molecule has 0 aromatic rings. The number of rotatable bonds is 12. The molecule has 0 spiro atoms. The van der Waals surface area contributed by atoms with Crippen molar-refractivity contribution in [3.8, 4) is 0 Å². The van der Waals surface area contributed by atoms with E-state index in [1.807, 2.05) is 0 Å². The maximum absolute atomic E-state index is 6.08. The van der Waals surface area contributed by atoms with Crippen LogP contribution in [0, 0.1) is 0 Å². The standard InChI is InChI=1S/C14H33NO5Si2/c1-6-19-21(20-7-2)13-10-12-15(21)11-8-9-14-22(16-3,17-4)18-5/h6-14H2,1-5H3. The first kappa shape index (κ1) is 20.2. The van der Waals surface area contributed by atoms with E-state index in [1.54, 1.807) is 21.3 Å². The van der Waals surface area contributed by atoms with Crippen LogP contribution < -0.4 is 0 Å². The molecule has 0 aromatic heterocycles. The first-order valence-electron chi connectivity index (χ1n) is 8.30. The van der Waals surface area contributed by atoms with Gasteiger partial charge in [-0.2, -0.15) is 0 Å². The van der Waals surface area contributed by atoms with Gasteiger partial charge in [0.25, 0.3) is 0 Å². The molecule has 0 N–H and O–H groups in total. The predicted octanol–water partition coefficient (Wildman–Crippen LogP) is 2.36. The van der Waals surface area contributed by atoms with E-state index in [2.05, 4.69) is 18.4 Å². The van der Waals surface area contributed by atoms with Crippen molar-refractivity contribution < 1.29 is 22.1 Å². The molecule has 132 valence electrons. The van der Waals surface area contributed by atoms with Gasteiger partial charge in [0.2, 0.25) is 0 Å². The summed E-state index contributed by atoms with van der Waals surface area (Å²) in [6.07, 6.45) is 3.29. The molecule has 0 bridgehead atoms. The highest BCUT2D eigenvalue weighted by Gasteiger charge is 2.48. The maximum atomic E-state index is 6.08. The average molecular weight is 352 g/mol. The topological polar surface area (TPSA) is 49.4 Å². The summed E-state index contributed by atoms with van der Waals surface area (Å²) in [6.45, 7) is 7.69. The third kappa shape index (κ3) is 5.10. The van der Waals surface area contributed by atoms with Crippen molar-refractivity contribution in [2.75, 3.05) is 47.6 Å². The minimum atomic E-state index is -2.43. The molecule has 0 aromatic carbocycles. The van der Waals surface area contributed by atoms with Crippen LogP contribution in [0.1, 0.15) is 33.1 Å². The minimum Gasteiger partial charge on any atom is -0.383 e. The lowest BCUT2D eigenvalue weighted by Gasteiger charge is -2.34. The predicted molar refractivity (Wildman–Crippen MR) is 90.8 cm³/mol. The molecule has 22 heavy (non-hydrogen) atoms. The van der Waals surface area contributed by atoms with Crippen molar-refractivity contribution in [2.45, 2.75) is 45.2 Å².